The lowest BCUT2D eigenvalue weighted by Gasteiger charge is -2.18. The molecule has 27 heavy (non-hydrogen) atoms. The lowest BCUT2D eigenvalue weighted by molar-refractivity contribution is 0.0692. The Labute approximate surface area is 158 Å². The second-order valence-corrected chi connectivity index (χ2v) is 5.94. The molecule has 0 aliphatic heterocycles. The van der Waals surface area contributed by atoms with E-state index < -0.39 is 23.3 Å². The number of carboxylic acid groups (broad SMARTS) is 1. The number of carboxylic acids is 1. The third-order valence-corrected chi connectivity index (χ3v) is 4.32. The first-order chi connectivity index (χ1) is 12.9. The molecule has 0 radical (unpaired) electrons. The van der Waals surface area contributed by atoms with Crippen molar-refractivity contribution in [3.8, 4) is 11.1 Å². The molecule has 8 heteroatoms. The first-order valence-corrected chi connectivity index (χ1v) is 8.21. The first-order valence-electron chi connectivity index (χ1n) is 7.83. The number of hydrogen-bond donors (Lipinski definition) is 3. The third kappa shape index (κ3) is 3.68. The highest BCUT2D eigenvalue weighted by atomic mass is 35.5. The lowest BCUT2D eigenvalue weighted by atomic mass is 10.0. The molecule has 3 N–H and O–H groups in total. The van der Waals surface area contributed by atoms with E-state index in [4.69, 9.17) is 11.6 Å². The zero-order chi connectivity index (χ0) is 19.6. The van der Waals surface area contributed by atoms with Gasteiger partial charge in [0.15, 0.2) is 0 Å². The Bertz CT molecular complexity index is 1010. The number of hydrogen-bond acceptors (Lipinski definition) is 4. The van der Waals surface area contributed by atoms with Gasteiger partial charge in [-0.05, 0) is 35.9 Å². The van der Waals surface area contributed by atoms with Gasteiger partial charge >= 0.3 is 5.97 Å². The van der Waals surface area contributed by atoms with Gasteiger partial charge in [-0.2, -0.15) is 4.39 Å². The maximum atomic E-state index is 13.9. The van der Waals surface area contributed by atoms with E-state index in [1.165, 1.54) is 18.2 Å². The molecular formula is C19H14ClF2N3O2. The third-order valence-electron chi connectivity index (χ3n) is 3.93. The predicted octanol–water partition coefficient (Wildman–Crippen LogP) is 5.16. The molecule has 0 aliphatic carbocycles. The molecule has 0 spiro atoms. The summed E-state index contributed by atoms with van der Waals surface area (Å²) >= 11 is 6.49. The Morgan fingerprint density at radius 3 is 2.33 bits per heavy atom. The number of halogens is 3. The van der Waals surface area contributed by atoms with Crippen molar-refractivity contribution in [3.05, 3.63) is 71.0 Å². The van der Waals surface area contributed by atoms with Crippen molar-refractivity contribution >= 4 is 34.6 Å². The van der Waals surface area contributed by atoms with E-state index in [2.05, 4.69) is 15.6 Å². The highest BCUT2D eigenvalue weighted by Crippen LogP contribution is 2.41. The van der Waals surface area contributed by atoms with Crippen LogP contribution in [0.3, 0.4) is 0 Å². The highest BCUT2D eigenvalue weighted by molar-refractivity contribution is 6.36. The van der Waals surface area contributed by atoms with Gasteiger partial charge in [0, 0.05) is 24.5 Å². The van der Waals surface area contributed by atoms with Gasteiger partial charge in [-0.25, -0.2) is 14.2 Å². The van der Waals surface area contributed by atoms with Crippen LogP contribution in [0, 0.1) is 11.8 Å². The number of nitrogens with one attached hydrogen (secondary N) is 2. The molecule has 2 aromatic carbocycles. The summed E-state index contributed by atoms with van der Waals surface area (Å²) < 4.78 is 27.2. The molecule has 138 valence electrons. The quantitative estimate of drug-likeness (QED) is 0.525. The van der Waals surface area contributed by atoms with Gasteiger partial charge in [0.25, 0.3) is 0 Å². The van der Waals surface area contributed by atoms with Crippen LogP contribution < -0.4 is 10.6 Å². The maximum absolute atomic E-state index is 13.9. The van der Waals surface area contributed by atoms with E-state index in [0.717, 1.165) is 6.20 Å². The zero-order valence-corrected chi connectivity index (χ0v) is 14.8. The van der Waals surface area contributed by atoms with Crippen LogP contribution in [0.25, 0.3) is 11.1 Å². The molecule has 0 fully saturated rings. The minimum Gasteiger partial charge on any atom is -0.477 e. The largest absolute Gasteiger partial charge is 0.477 e. The summed E-state index contributed by atoms with van der Waals surface area (Å²) in [6, 6.07) is 10.4. The number of carbonyl (C=O) groups is 1. The van der Waals surface area contributed by atoms with Crippen LogP contribution in [0.4, 0.5) is 25.8 Å². The smallest absolute Gasteiger partial charge is 0.342 e. The first kappa shape index (κ1) is 18.6. The Kier molecular flexibility index (Phi) is 5.23. The van der Waals surface area contributed by atoms with Crippen molar-refractivity contribution in [2.75, 3.05) is 17.7 Å². The fourth-order valence-electron chi connectivity index (χ4n) is 2.66. The fraction of sp³-hybridized carbons (Fsp3) is 0.0526. The Hall–Kier alpha value is -3.19. The molecule has 5 nitrogen and oxygen atoms in total. The standard InChI is InChI=1S/C19H14ClF2N3O2/c1-23-14-7-6-12(15(17(14)20)10-2-4-11(21)5-3-10)25-13-8-9-24-18(22)16(13)19(26)27/h2-9,23H,1H3,(H,24,25)(H,26,27). The van der Waals surface area contributed by atoms with Gasteiger partial charge in [0.05, 0.1) is 16.4 Å². The molecule has 1 aromatic heterocycles. The monoisotopic (exact) mass is 389 g/mol. The molecule has 0 amide bonds. The Balaban J connectivity index is 2.17. The molecule has 1 heterocycles. The van der Waals surface area contributed by atoms with Crippen molar-refractivity contribution in [1.82, 2.24) is 4.98 Å². The van der Waals surface area contributed by atoms with Gasteiger partial charge < -0.3 is 15.7 Å². The van der Waals surface area contributed by atoms with Crippen LogP contribution in [-0.2, 0) is 0 Å². The highest BCUT2D eigenvalue weighted by Gasteiger charge is 2.20. The van der Waals surface area contributed by atoms with Crippen LogP contribution in [0.1, 0.15) is 10.4 Å². The van der Waals surface area contributed by atoms with Gasteiger partial charge in [0.1, 0.15) is 11.4 Å². The van der Waals surface area contributed by atoms with Crippen LogP contribution >= 0.6 is 11.6 Å². The van der Waals surface area contributed by atoms with Crippen molar-refractivity contribution in [2.24, 2.45) is 0 Å². The van der Waals surface area contributed by atoms with Gasteiger partial charge in [0.2, 0.25) is 5.95 Å². The topological polar surface area (TPSA) is 74.2 Å². The average molecular weight is 390 g/mol. The van der Waals surface area contributed by atoms with Gasteiger partial charge in [-0.3, -0.25) is 0 Å². The van der Waals surface area contributed by atoms with E-state index >= 15 is 0 Å². The number of aromatic carboxylic acids is 1. The molecule has 0 bridgehead atoms. The SMILES string of the molecule is CNc1ccc(Nc2ccnc(F)c2C(=O)O)c(-c2ccc(F)cc2)c1Cl. The number of nitrogens with zero attached hydrogens (tertiary/aromatic N) is 1. The van der Waals surface area contributed by atoms with E-state index in [1.54, 1.807) is 31.3 Å². The van der Waals surface area contributed by atoms with Crippen LogP contribution in [-0.4, -0.2) is 23.1 Å². The van der Waals surface area contributed by atoms with E-state index in [1.807, 2.05) is 0 Å². The molecule has 0 saturated heterocycles. The average Bonchev–Trinajstić information content (AvgIpc) is 2.63. The summed E-state index contributed by atoms with van der Waals surface area (Å²) in [4.78, 5) is 14.8. The number of rotatable bonds is 5. The summed E-state index contributed by atoms with van der Waals surface area (Å²) in [6.45, 7) is 0. The summed E-state index contributed by atoms with van der Waals surface area (Å²) in [5.41, 5.74) is 1.60. The molecule has 3 aromatic rings. The minimum absolute atomic E-state index is 0.0200. The van der Waals surface area contributed by atoms with Crippen molar-refractivity contribution in [2.45, 2.75) is 0 Å². The van der Waals surface area contributed by atoms with E-state index in [-0.39, 0.29) is 5.69 Å². The number of benzene rings is 2. The molecular weight excluding hydrogens is 376 g/mol. The fourth-order valence-corrected chi connectivity index (χ4v) is 3.03. The molecule has 0 saturated carbocycles. The molecule has 3 rings (SSSR count). The van der Waals surface area contributed by atoms with Gasteiger partial charge in [-0.1, -0.05) is 23.7 Å². The molecule has 0 atom stereocenters. The molecule has 0 unspecified atom stereocenters. The minimum atomic E-state index is -1.45. The van der Waals surface area contributed by atoms with Crippen molar-refractivity contribution in [1.29, 1.82) is 0 Å². The second kappa shape index (κ2) is 7.59. The summed E-state index contributed by atoms with van der Waals surface area (Å²) in [6.07, 6.45) is 1.16. The number of aromatic nitrogens is 1. The summed E-state index contributed by atoms with van der Waals surface area (Å²) in [5.74, 6) is -2.96. The van der Waals surface area contributed by atoms with Crippen molar-refractivity contribution < 1.29 is 18.7 Å². The van der Waals surface area contributed by atoms with Gasteiger partial charge in [-0.15, -0.1) is 0 Å². The molecule has 0 aliphatic rings. The van der Waals surface area contributed by atoms with E-state index in [9.17, 15) is 18.7 Å². The predicted molar refractivity (Wildman–Crippen MR) is 101 cm³/mol. The number of anilines is 3. The summed E-state index contributed by atoms with van der Waals surface area (Å²) in [5, 5.41) is 15.5. The maximum Gasteiger partial charge on any atom is 0.342 e. The van der Waals surface area contributed by atoms with E-state index in [0.29, 0.717) is 27.5 Å². The van der Waals surface area contributed by atoms with Crippen molar-refractivity contribution in [3.63, 3.8) is 0 Å². The zero-order valence-electron chi connectivity index (χ0n) is 14.1. The Morgan fingerprint density at radius 2 is 1.70 bits per heavy atom. The second-order valence-electron chi connectivity index (χ2n) is 5.56. The number of pyridine rings is 1. The normalized spacial score (nSPS) is 10.5. The van der Waals surface area contributed by atoms with Crippen LogP contribution in [0.5, 0.6) is 0 Å². The summed E-state index contributed by atoms with van der Waals surface area (Å²) in [7, 11) is 1.70. The van der Waals surface area contributed by atoms with Crippen LogP contribution in [0.2, 0.25) is 5.02 Å². The Morgan fingerprint density at radius 1 is 1.04 bits per heavy atom. The lowest BCUT2D eigenvalue weighted by Crippen LogP contribution is -2.08. The van der Waals surface area contributed by atoms with Crippen LogP contribution in [0.15, 0.2) is 48.7 Å².